The van der Waals surface area contributed by atoms with E-state index in [2.05, 4.69) is 4.98 Å². The van der Waals surface area contributed by atoms with Gasteiger partial charge in [-0.2, -0.15) is 0 Å². The van der Waals surface area contributed by atoms with Crippen LogP contribution in [0.3, 0.4) is 0 Å². The molecule has 0 spiro atoms. The topological polar surface area (TPSA) is 91.8 Å². The van der Waals surface area contributed by atoms with Gasteiger partial charge in [0.15, 0.2) is 0 Å². The smallest absolute Gasteiger partial charge is 0.254 e. The second-order valence-electron chi connectivity index (χ2n) is 8.99. The van der Waals surface area contributed by atoms with Gasteiger partial charge in [-0.15, -0.1) is 0 Å². The predicted molar refractivity (Wildman–Crippen MR) is 150 cm³/mol. The summed E-state index contributed by atoms with van der Waals surface area (Å²) >= 11 is 0. The number of para-hydroxylation sites is 1. The van der Waals surface area contributed by atoms with Crippen molar-refractivity contribution in [2.45, 2.75) is 38.7 Å². The quantitative estimate of drug-likeness (QED) is 0.126. The van der Waals surface area contributed by atoms with E-state index in [1.54, 1.807) is 54.3 Å². The first-order valence-corrected chi connectivity index (χ1v) is 12.9. The molecule has 0 bridgehead atoms. The molecule has 0 saturated heterocycles. The number of hydrogen-bond donors (Lipinski definition) is 2. The largest absolute Gasteiger partial charge is 0.493 e. The average Bonchev–Trinajstić information content (AvgIpc) is 3.02. The minimum atomic E-state index is -2.20. The predicted octanol–water partition coefficient (Wildman–Crippen LogP) is 6.04. The van der Waals surface area contributed by atoms with Crippen molar-refractivity contribution in [1.29, 1.82) is 0 Å². The van der Waals surface area contributed by atoms with E-state index in [1.807, 2.05) is 54.6 Å². The number of unbranched alkanes of at least 4 members (excludes halogenated alkanes) is 2. The third kappa shape index (κ3) is 8.25. The van der Waals surface area contributed by atoms with Crippen molar-refractivity contribution < 1.29 is 22.3 Å². The minimum absolute atomic E-state index is 0.0556. The standard InChI is InChI=1S/C32H33N3O4/c36-31(34-38)13-5-2-8-22-39-30-12-7-6-11-29(30)24-35(23-25-9-3-1-4-10-25)32(37)28-16-14-26(15-17-28)27-18-20-33-21-19-27/h1,3-4,6-7,9-12,14-21,38H,2,5,8,13,22-24H2,(H,34,36)/i24D2. The van der Waals surface area contributed by atoms with Crippen molar-refractivity contribution in [2.24, 2.45) is 0 Å². The third-order valence-electron chi connectivity index (χ3n) is 6.15. The Labute approximate surface area is 231 Å². The molecular formula is C32H33N3O4. The molecule has 2 amide bonds. The molecule has 0 saturated carbocycles. The minimum Gasteiger partial charge on any atom is -0.493 e. The summed E-state index contributed by atoms with van der Waals surface area (Å²) < 4.78 is 24.4. The molecule has 0 aliphatic carbocycles. The number of aromatic nitrogens is 1. The van der Waals surface area contributed by atoms with Crippen LogP contribution in [0.2, 0.25) is 0 Å². The first kappa shape index (κ1) is 24.8. The van der Waals surface area contributed by atoms with Crippen LogP contribution in [0.1, 0.15) is 49.9 Å². The summed E-state index contributed by atoms with van der Waals surface area (Å²) in [5.74, 6) is -0.527. The molecule has 2 N–H and O–H groups in total. The Kier molecular flexibility index (Phi) is 9.20. The van der Waals surface area contributed by atoms with Gasteiger partial charge in [-0.1, -0.05) is 60.7 Å². The van der Waals surface area contributed by atoms with Crippen molar-refractivity contribution >= 4 is 11.8 Å². The lowest BCUT2D eigenvalue weighted by molar-refractivity contribution is -0.129. The van der Waals surface area contributed by atoms with Gasteiger partial charge in [-0.05, 0) is 66.3 Å². The van der Waals surface area contributed by atoms with Crippen molar-refractivity contribution in [2.75, 3.05) is 6.61 Å². The Hall–Kier alpha value is -4.49. The molecule has 0 atom stereocenters. The molecule has 4 rings (SSSR count). The number of nitrogens with zero attached hydrogens (tertiary/aromatic N) is 2. The van der Waals surface area contributed by atoms with E-state index >= 15 is 0 Å². The molecule has 7 heteroatoms. The highest BCUT2D eigenvalue weighted by Gasteiger charge is 2.19. The van der Waals surface area contributed by atoms with Crippen LogP contribution in [0.4, 0.5) is 0 Å². The Morgan fingerprint density at radius 3 is 2.28 bits per heavy atom. The number of amides is 2. The number of carbonyl (C=O) groups is 2. The molecule has 0 aliphatic rings. The summed E-state index contributed by atoms with van der Waals surface area (Å²) in [6, 6.07) is 27.0. The molecule has 0 fully saturated rings. The van der Waals surface area contributed by atoms with E-state index in [9.17, 15) is 12.3 Å². The highest BCUT2D eigenvalue weighted by Crippen LogP contribution is 2.24. The number of rotatable bonds is 13. The second kappa shape index (κ2) is 14.4. The van der Waals surface area contributed by atoms with Crippen molar-refractivity contribution in [3.8, 4) is 16.9 Å². The number of hydrogen-bond acceptors (Lipinski definition) is 5. The number of carbonyl (C=O) groups excluding carboxylic acids is 2. The Balaban J connectivity index is 1.57. The lowest BCUT2D eigenvalue weighted by atomic mass is 10.0. The van der Waals surface area contributed by atoms with E-state index in [0.717, 1.165) is 16.7 Å². The summed E-state index contributed by atoms with van der Waals surface area (Å²) in [6.45, 7) is -1.83. The van der Waals surface area contributed by atoms with E-state index in [-0.39, 0.29) is 18.5 Å². The SMILES string of the molecule is [2H]C([2H])(c1ccccc1OCCCCCC(=O)NO)N(Cc1ccccc1)C(=O)c1ccc(-c2ccncc2)cc1. The van der Waals surface area contributed by atoms with Crippen LogP contribution in [0.25, 0.3) is 11.1 Å². The first-order valence-electron chi connectivity index (χ1n) is 13.9. The van der Waals surface area contributed by atoms with Crippen molar-refractivity contribution in [1.82, 2.24) is 15.4 Å². The van der Waals surface area contributed by atoms with Crippen LogP contribution in [0.15, 0.2) is 103 Å². The van der Waals surface area contributed by atoms with Crippen LogP contribution >= 0.6 is 0 Å². The first-order chi connectivity index (χ1) is 19.9. The maximum Gasteiger partial charge on any atom is 0.254 e. The molecule has 39 heavy (non-hydrogen) atoms. The summed E-state index contributed by atoms with van der Waals surface area (Å²) in [4.78, 5) is 30.4. The van der Waals surface area contributed by atoms with Gasteiger partial charge in [0, 0.05) is 43.0 Å². The van der Waals surface area contributed by atoms with Gasteiger partial charge >= 0.3 is 0 Å². The monoisotopic (exact) mass is 525 g/mol. The molecule has 4 aromatic rings. The number of nitrogens with one attached hydrogen (secondary N) is 1. The fourth-order valence-corrected chi connectivity index (χ4v) is 4.07. The van der Waals surface area contributed by atoms with Gasteiger partial charge in [0.1, 0.15) is 5.75 Å². The molecule has 1 aromatic heterocycles. The molecule has 0 aliphatic heterocycles. The highest BCUT2D eigenvalue weighted by atomic mass is 16.5. The van der Waals surface area contributed by atoms with Crippen LogP contribution in [0.5, 0.6) is 5.75 Å². The fraction of sp³-hybridized carbons (Fsp3) is 0.219. The molecule has 200 valence electrons. The van der Waals surface area contributed by atoms with Crippen LogP contribution in [0, 0.1) is 0 Å². The number of hydroxylamine groups is 1. The van der Waals surface area contributed by atoms with Gasteiger partial charge in [0.25, 0.3) is 5.91 Å². The lowest BCUT2D eigenvalue weighted by Crippen LogP contribution is -2.30. The maximum absolute atomic E-state index is 13.9. The molecule has 0 unspecified atom stereocenters. The average molecular weight is 526 g/mol. The van der Waals surface area contributed by atoms with E-state index in [0.29, 0.717) is 37.2 Å². The Morgan fingerprint density at radius 2 is 1.54 bits per heavy atom. The van der Waals surface area contributed by atoms with Crippen molar-refractivity contribution in [3.05, 3.63) is 120 Å². The van der Waals surface area contributed by atoms with Crippen molar-refractivity contribution in [3.63, 3.8) is 0 Å². The maximum atomic E-state index is 13.9. The second-order valence-corrected chi connectivity index (χ2v) is 8.99. The number of pyridine rings is 1. The molecule has 7 nitrogen and oxygen atoms in total. The summed E-state index contributed by atoms with van der Waals surface area (Å²) in [6.07, 6.45) is 5.58. The van der Waals surface area contributed by atoms with Crippen LogP contribution in [-0.2, 0) is 17.8 Å². The van der Waals surface area contributed by atoms with Crippen LogP contribution < -0.4 is 10.2 Å². The highest BCUT2D eigenvalue weighted by molar-refractivity contribution is 5.94. The third-order valence-corrected chi connectivity index (χ3v) is 6.15. The normalized spacial score (nSPS) is 11.7. The zero-order valence-corrected chi connectivity index (χ0v) is 21.6. The van der Waals surface area contributed by atoms with Gasteiger partial charge in [-0.3, -0.25) is 19.8 Å². The van der Waals surface area contributed by atoms with Crippen LogP contribution in [-0.4, -0.2) is 33.5 Å². The lowest BCUT2D eigenvalue weighted by Gasteiger charge is -2.24. The van der Waals surface area contributed by atoms with E-state index in [4.69, 9.17) is 9.94 Å². The van der Waals surface area contributed by atoms with E-state index in [1.165, 1.54) is 4.90 Å². The number of benzene rings is 3. The molecular weight excluding hydrogens is 490 g/mol. The number of ether oxygens (including phenoxy) is 1. The Bertz CT molecular complexity index is 1420. The summed E-state index contributed by atoms with van der Waals surface area (Å²) in [7, 11) is 0. The fourth-order valence-electron chi connectivity index (χ4n) is 4.07. The molecule has 0 radical (unpaired) electrons. The zero-order valence-electron chi connectivity index (χ0n) is 23.6. The van der Waals surface area contributed by atoms with Gasteiger partial charge in [0.2, 0.25) is 5.91 Å². The summed E-state index contributed by atoms with van der Waals surface area (Å²) in [5.41, 5.74) is 4.93. The van der Waals surface area contributed by atoms with Gasteiger partial charge in [-0.25, -0.2) is 5.48 Å². The van der Waals surface area contributed by atoms with E-state index < -0.39 is 18.3 Å². The van der Waals surface area contributed by atoms with Gasteiger partial charge in [0.05, 0.1) is 9.35 Å². The Morgan fingerprint density at radius 1 is 0.846 bits per heavy atom. The van der Waals surface area contributed by atoms with Gasteiger partial charge < -0.3 is 9.64 Å². The molecule has 1 heterocycles. The summed E-state index contributed by atoms with van der Waals surface area (Å²) in [5, 5.41) is 8.61. The zero-order chi connectivity index (χ0) is 29.1. The molecule has 3 aromatic carbocycles.